The van der Waals surface area contributed by atoms with Gasteiger partial charge in [0.1, 0.15) is 5.76 Å². The fraction of sp³-hybridized carbons (Fsp3) is 0.375. The lowest BCUT2D eigenvalue weighted by molar-refractivity contribution is -0.118. The minimum atomic E-state index is -0.261. The van der Waals surface area contributed by atoms with E-state index < -0.39 is 0 Å². The number of carbonyl (C=O) groups excluding carboxylic acids is 1. The van der Waals surface area contributed by atoms with E-state index in [0.29, 0.717) is 24.5 Å². The number of nitrogens with one attached hydrogen (secondary N) is 2. The molecule has 5 heteroatoms. The van der Waals surface area contributed by atoms with Gasteiger partial charge in [-0.15, -0.1) is 0 Å². The van der Waals surface area contributed by atoms with Crippen molar-refractivity contribution in [3.05, 3.63) is 47.2 Å². The van der Waals surface area contributed by atoms with E-state index in [1.54, 1.807) is 13.0 Å². The maximum absolute atomic E-state index is 12.2. The third-order valence-corrected chi connectivity index (χ3v) is 3.28. The number of hydrogen-bond donors (Lipinski definition) is 2. The zero-order chi connectivity index (χ0) is 15.2. The second kappa shape index (κ2) is 7.04. The average Bonchev–Trinajstić information content (AvgIpc) is 2.87. The summed E-state index contributed by atoms with van der Waals surface area (Å²) in [5.41, 5.74) is 2.38. The van der Waals surface area contributed by atoms with Crippen LogP contribution in [0.4, 0.5) is 5.82 Å². The first-order valence-electron chi connectivity index (χ1n) is 7.11. The number of aromatic nitrogens is 1. The van der Waals surface area contributed by atoms with Crippen LogP contribution in [-0.2, 0) is 11.3 Å². The van der Waals surface area contributed by atoms with Crippen LogP contribution in [0.15, 0.2) is 34.9 Å². The van der Waals surface area contributed by atoms with E-state index in [0.717, 1.165) is 5.56 Å². The second-order valence-corrected chi connectivity index (χ2v) is 5.14. The van der Waals surface area contributed by atoms with Gasteiger partial charge in [0.25, 0.3) is 0 Å². The van der Waals surface area contributed by atoms with Gasteiger partial charge < -0.3 is 15.2 Å². The van der Waals surface area contributed by atoms with Crippen LogP contribution in [0.2, 0.25) is 0 Å². The number of benzene rings is 1. The van der Waals surface area contributed by atoms with E-state index in [1.165, 1.54) is 5.56 Å². The number of aryl methyl sites for hydroxylation is 2. The molecule has 2 aromatic rings. The highest BCUT2D eigenvalue weighted by atomic mass is 16.5. The minimum Gasteiger partial charge on any atom is -0.360 e. The molecule has 0 aliphatic heterocycles. The monoisotopic (exact) mass is 287 g/mol. The van der Waals surface area contributed by atoms with Gasteiger partial charge in [-0.3, -0.25) is 4.79 Å². The molecule has 0 saturated carbocycles. The van der Waals surface area contributed by atoms with E-state index in [9.17, 15) is 4.79 Å². The predicted octanol–water partition coefficient (Wildman–Crippen LogP) is 2.80. The van der Waals surface area contributed by atoms with E-state index in [4.69, 9.17) is 4.52 Å². The lowest BCUT2D eigenvalue weighted by atomic mass is 10.1. The first-order chi connectivity index (χ1) is 10.1. The van der Waals surface area contributed by atoms with Crippen molar-refractivity contribution in [1.29, 1.82) is 0 Å². The van der Waals surface area contributed by atoms with Crippen molar-refractivity contribution in [1.82, 2.24) is 10.5 Å². The van der Waals surface area contributed by atoms with Crippen molar-refractivity contribution in [2.75, 3.05) is 5.32 Å². The molecule has 0 spiro atoms. The van der Waals surface area contributed by atoms with Gasteiger partial charge in [-0.25, -0.2) is 0 Å². The molecule has 2 N–H and O–H groups in total. The highest BCUT2D eigenvalue weighted by Crippen LogP contribution is 2.09. The van der Waals surface area contributed by atoms with Crippen molar-refractivity contribution in [2.24, 2.45) is 0 Å². The van der Waals surface area contributed by atoms with Gasteiger partial charge in [-0.1, -0.05) is 41.9 Å². The van der Waals surface area contributed by atoms with Gasteiger partial charge in [0.15, 0.2) is 5.82 Å². The van der Waals surface area contributed by atoms with Gasteiger partial charge in [-0.2, -0.15) is 0 Å². The molecule has 0 saturated heterocycles. The normalized spacial score (nSPS) is 12.1. The Morgan fingerprint density at radius 3 is 2.57 bits per heavy atom. The first-order valence-corrected chi connectivity index (χ1v) is 7.11. The van der Waals surface area contributed by atoms with Gasteiger partial charge >= 0.3 is 0 Å². The smallest absolute Gasteiger partial charge is 0.242 e. The van der Waals surface area contributed by atoms with Crippen molar-refractivity contribution in [2.45, 2.75) is 39.8 Å². The summed E-state index contributed by atoms with van der Waals surface area (Å²) >= 11 is 0. The molecule has 2 rings (SSSR count). The topological polar surface area (TPSA) is 67.2 Å². The molecule has 112 valence electrons. The molecule has 5 nitrogen and oxygen atoms in total. The fourth-order valence-corrected chi connectivity index (χ4v) is 2.01. The molecule has 0 aliphatic carbocycles. The minimum absolute atomic E-state index is 0.0992. The summed E-state index contributed by atoms with van der Waals surface area (Å²) in [5, 5.41) is 9.78. The Morgan fingerprint density at radius 2 is 2.00 bits per heavy atom. The molecule has 1 aromatic heterocycles. The lowest BCUT2D eigenvalue weighted by Gasteiger charge is -2.15. The summed E-state index contributed by atoms with van der Waals surface area (Å²) in [6, 6.07) is 9.70. The third-order valence-electron chi connectivity index (χ3n) is 3.28. The highest BCUT2D eigenvalue weighted by molar-refractivity contribution is 5.93. The van der Waals surface area contributed by atoms with E-state index in [2.05, 4.69) is 47.0 Å². The maximum Gasteiger partial charge on any atom is 0.242 e. The Morgan fingerprint density at radius 1 is 1.29 bits per heavy atom. The maximum atomic E-state index is 12.2. The molecule has 0 aliphatic rings. The number of anilines is 1. The predicted molar refractivity (Wildman–Crippen MR) is 82.0 cm³/mol. The average molecular weight is 287 g/mol. The lowest BCUT2D eigenvalue weighted by Crippen LogP contribution is -2.39. The zero-order valence-corrected chi connectivity index (χ0v) is 12.6. The van der Waals surface area contributed by atoms with Crippen LogP contribution in [0.5, 0.6) is 0 Å². The van der Waals surface area contributed by atoms with E-state index in [1.807, 2.05) is 6.92 Å². The number of rotatable bonds is 6. The Kier molecular flexibility index (Phi) is 5.11. The summed E-state index contributed by atoms with van der Waals surface area (Å²) < 4.78 is 4.93. The van der Waals surface area contributed by atoms with Crippen LogP contribution < -0.4 is 10.6 Å². The van der Waals surface area contributed by atoms with Crippen LogP contribution in [0.3, 0.4) is 0 Å². The summed E-state index contributed by atoms with van der Waals surface area (Å²) in [5.74, 6) is 1.02. The SMILES string of the molecule is CC[C@H](NCc1ccc(C)cc1)C(=O)Nc1cc(C)on1. The molecule has 0 fully saturated rings. The Bertz CT molecular complexity index is 590. The first kappa shape index (κ1) is 15.3. The van der Waals surface area contributed by atoms with Crippen LogP contribution in [0.25, 0.3) is 0 Å². The molecule has 0 unspecified atom stereocenters. The molecule has 1 atom stereocenters. The standard InChI is InChI=1S/C16H21N3O2/c1-4-14(16(20)18-15-9-12(3)21-19-15)17-10-13-7-5-11(2)6-8-13/h5-9,14,17H,4,10H2,1-3H3,(H,18,19,20)/t14-/m0/s1. The largest absolute Gasteiger partial charge is 0.360 e. The molecular weight excluding hydrogens is 266 g/mol. The Hall–Kier alpha value is -2.14. The number of hydrogen-bond acceptors (Lipinski definition) is 4. The summed E-state index contributed by atoms with van der Waals surface area (Å²) in [4.78, 5) is 12.2. The third kappa shape index (κ3) is 4.43. The van der Waals surface area contributed by atoms with Crippen molar-refractivity contribution in [3.63, 3.8) is 0 Å². The van der Waals surface area contributed by atoms with Crippen LogP contribution in [-0.4, -0.2) is 17.1 Å². The van der Waals surface area contributed by atoms with Gasteiger partial charge in [0.2, 0.25) is 5.91 Å². The summed E-state index contributed by atoms with van der Waals surface area (Å²) in [6.45, 7) is 6.47. The van der Waals surface area contributed by atoms with E-state index >= 15 is 0 Å². The molecule has 1 aromatic carbocycles. The van der Waals surface area contributed by atoms with Crippen molar-refractivity contribution < 1.29 is 9.32 Å². The molecule has 1 amide bonds. The van der Waals surface area contributed by atoms with Gasteiger partial charge in [0.05, 0.1) is 6.04 Å². The molecule has 1 heterocycles. The fourth-order valence-electron chi connectivity index (χ4n) is 2.01. The van der Waals surface area contributed by atoms with Crippen LogP contribution in [0.1, 0.15) is 30.2 Å². The van der Waals surface area contributed by atoms with E-state index in [-0.39, 0.29) is 11.9 Å². The van der Waals surface area contributed by atoms with Crippen molar-refractivity contribution in [3.8, 4) is 0 Å². The van der Waals surface area contributed by atoms with Crippen LogP contribution >= 0.6 is 0 Å². The number of nitrogens with zero attached hydrogens (tertiary/aromatic N) is 1. The molecule has 0 bridgehead atoms. The van der Waals surface area contributed by atoms with Crippen molar-refractivity contribution >= 4 is 11.7 Å². The Labute approximate surface area is 124 Å². The zero-order valence-electron chi connectivity index (χ0n) is 12.6. The number of carbonyl (C=O) groups is 1. The quantitative estimate of drug-likeness (QED) is 0.857. The summed E-state index contributed by atoms with van der Waals surface area (Å²) in [6.07, 6.45) is 0.703. The summed E-state index contributed by atoms with van der Waals surface area (Å²) in [7, 11) is 0. The second-order valence-electron chi connectivity index (χ2n) is 5.14. The Balaban J connectivity index is 1.89. The van der Waals surface area contributed by atoms with Gasteiger partial charge in [-0.05, 0) is 25.8 Å². The highest BCUT2D eigenvalue weighted by Gasteiger charge is 2.17. The molecule has 21 heavy (non-hydrogen) atoms. The molecular formula is C16H21N3O2. The number of amides is 1. The van der Waals surface area contributed by atoms with Crippen LogP contribution in [0, 0.1) is 13.8 Å². The van der Waals surface area contributed by atoms with Gasteiger partial charge in [0, 0.05) is 12.6 Å². The molecule has 0 radical (unpaired) electrons.